The van der Waals surface area contributed by atoms with E-state index in [-0.39, 0.29) is 17.9 Å². The van der Waals surface area contributed by atoms with Gasteiger partial charge in [0.2, 0.25) is 5.91 Å². The molecule has 0 aromatic rings. The highest BCUT2D eigenvalue weighted by molar-refractivity contribution is 5.84. The highest BCUT2D eigenvalue weighted by Gasteiger charge is 2.36. The average molecular weight is 301 g/mol. The summed E-state index contributed by atoms with van der Waals surface area (Å²) in [5.41, 5.74) is -2.11. The van der Waals surface area contributed by atoms with Gasteiger partial charge in [0, 0.05) is 22.6 Å². The predicted octanol–water partition coefficient (Wildman–Crippen LogP) is 3.30. The third-order valence-corrected chi connectivity index (χ3v) is 3.04. The number of hydrogen-bond acceptors (Lipinski definition) is 2. The second-order valence-corrected chi connectivity index (χ2v) is 5.94. The smallest absolute Gasteiger partial charge is 0.329 e. The number of amides is 1. The largest absolute Gasteiger partial charge is 0.417 e. The van der Waals surface area contributed by atoms with Gasteiger partial charge in [-0.25, -0.2) is 0 Å². The molecule has 1 atom stereocenters. The van der Waals surface area contributed by atoms with Gasteiger partial charge in [-0.2, -0.15) is 13.2 Å². The van der Waals surface area contributed by atoms with Crippen molar-refractivity contribution in [1.82, 2.24) is 5.32 Å². The molecular formula is C15H18F3NO2. The Labute approximate surface area is 121 Å². The van der Waals surface area contributed by atoms with E-state index in [0.717, 1.165) is 12.2 Å². The Kier molecular flexibility index (Phi) is 4.81. The van der Waals surface area contributed by atoms with Crippen LogP contribution in [-0.2, 0) is 9.59 Å². The van der Waals surface area contributed by atoms with E-state index in [1.54, 1.807) is 27.7 Å². The molecule has 0 saturated carbocycles. The van der Waals surface area contributed by atoms with Crippen LogP contribution in [0.1, 0.15) is 27.7 Å². The Balaban J connectivity index is 3.28. The van der Waals surface area contributed by atoms with Crippen LogP contribution < -0.4 is 5.32 Å². The molecule has 6 heteroatoms. The minimum absolute atomic E-state index is 0.121. The van der Waals surface area contributed by atoms with Crippen LogP contribution >= 0.6 is 0 Å². The summed E-state index contributed by atoms with van der Waals surface area (Å²) >= 11 is 0. The van der Waals surface area contributed by atoms with Crippen molar-refractivity contribution in [3.8, 4) is 0 Å². The number of nitrogens with one attached hydrogen (secondary N) is 1. The van der Waals surface area contributed by atoms with Crippen LogP contribution in [0, 0.1) is 11.3 Å². The number of carbonyl (C=O) groups is 2. The predicted molar refractivity (Wildman–Crippen MR) is 73.1 cm³/mol. The number of carbonyl (C=O) groups excluding carboxylic acids is 2. The van der Waals surface area contributed by atoms with Crippen LogP contribution in [0.15, 0.2) is 35.1 Å². The summed E-state index contributed by atoms with van der Waals surface area (Å²) in [6.07, 6.45) is -1.08. The Hall–Kier alpha value is -1.85. The number of allylic oxidation sites excluding steroid dienone is 5. The molecule has 0 heterocycles. The average Bonchev–Trinajstić information content (AvgIpc) is 2.48. The van der Waals surface area contributed by atoms with E-state index in [4.69, 9.17) is 0 Å². The summed E-state index contributed by atoms with van der Waals surface area (Å²) in [4.78, 5) is 22.8. The fourth-order valence-electron chi connectivity index (χ4n) is 1.63. The topological polar surface area (TPSA) is 46.2 Å². The fourth-order valence-corrected chi connectivity index (χ4v) is 1.63. The number of hydrogen-bond donors (Lipinski definition) is 1. The van der Waals surface area contributed by atoms with Gasteiger partial charge < -0.3 is 5.32 Å². The summed E-state index contributed by atoms with van der Waals surface area (Å²) in [7, 11) is 0. The van der Waals surface area contributed by atoms with Crippen molar-refractivity contribution in [1.29, 1.82) is 0 Å². The first-order chi connectivity index (χ1) is 9.46. The molecule has 0 radical (unpaired) electrons. The zero-order chi connectivity index (χ0) is 16.4. The van der Waals surface area contributed by atoms with Crippen LogP contribution in [0.2, 0.25) is 0 Å². The molecule has 1 rings (SSSR count). The Morgan fingerprint density at radius 2 is 1.86 bits per heavy atom. The van der Waals surface area contributed by atoms with Gasteiger partial charge >= 0.3 is 6.18 Å². The van der Waals surface area contributed by atoms with Gasteiger partial charge in [0.25, 0.3) is 0 Å². The lowest BCUT2D eigenvalue weighted by atomic mass is 9.94. The fraction of sp³-hybridized carbons (Fsp3) is 0.467. The molecule has 0 saturated heterocycles. The van der Waals surface area contributed by atoms with Crippen LogP contribution in [-0.4, -0.2) is 18.4 Å². The summed E-state index contributed by atoms with van der Waals surface area (Å²) in [5, 5.41) is 2.52. The van der Waals surface area contributed by atoms with E-state index < -0.39 is 28.7 Å². The van der Waals surface area contributed by atoms with E-state index in [1.165, 1.54) is 6.08 Å². The third kappa shape index (κ3) is 4.31. The molecule has 1 unspecified atom stereocenters. The molecule has 1 aliphatic carbocycles. The zero-order valence-corrected chi connectivity index (χ0v) is 12.3. The molecule has 0 aromatic carbocycles. The molecule has 1 aliphatic rings. The van der Waals surface area contributed by atoms with Gasteiger partial charge in [-0.15, -0.1) is 0 Å². The second kappa shape index (κ2) is 5.87. The highest BCUT2D eigenvalue weighted by atomic mass is 19.4. The Morgan fingerprint density at radius 3 is 2.29 bits per heavy atom. The first-order valence-corrected chi connectivity index (χ1v) is 6.44. The molecule has 116 valence electrons. The Morgan fingerprint density at radius 1 is 1.29 bits per heavy atom. The summed E-state index contributed by atoms with van der Waals surface area (Å²) in [6.45, 7) is 6.64. The summed E-state index contributed by atoms with van der Waals surface area (Å²) in [6, 6.07) is 0. The lowest BCUT2D eigenvalue weighted by Crippen LogP contribution is -2.35. The van der Waals surface area contributed by atoms with Gasteiger partial charge in [0.15, 0.2) is 6.29 Å². The molecule has 0 bridgehead atoms. The first-order valence-electron chi connectivity index (χ1n) is 6.44. The van der Waals surface area contributed by atoms with Crippen molar-refractivity contribution in [2.75, 3.05) is 0 Å². The maximum Gasteiger partial charge on any atom is 0.417 e. The number of aldehydes is 1. The van der Waals surface area contributed by atoms with Crippen molar-refractivity contribution in [3.63, 3.8) is 0 Å². The standard InChI is InChI=1S/C15H18F3NO2/c1-9-5-6-10(8-20)11(15(16,17)18)7-12(9)19-13(21)14(2,3)4/h5-9H,1-4H3,(H,19,21). The molecule has 0 spiro atoms. The normalized spacial score (nSPS) is 20.0. The third-order valence-electron chi connectivity index (χ3n) is 3.04. The molecule has 3 nitrogen and oxygen atoms in total. The monoisotopic (exact) mass is 301 g/mol. The number of rotatable bonds is 2. The van der Waals surface area contributed by atoms with E-state index in [1.807, 2.05) is 0 Å². The van der Waals surface area contributed by atoms with E-state index in [9.17, 15) is 22.8 Å². The van der Waals surface area contributed by atoms with Crippen LogP contribution in [0.25, 0.3) is 0 Å². The van der Waals surface area contributed by atoms with E-state index in [2.05, 4.69) is 5.32 Å². The van der Waals surface area contributed by atoms with Crippen LogP contribution in [0.4, 0.5) is 13.2 Å². The van der Waals surface area contributed by atoms with Crippen molar-refractivity contribution < 1.29 is 22.8 Å². The lowest BCUT2D eigenvalue weighted by molar-refractivity contribution is -0.127. The zero-order valence-electron chi connectivity index (χ0n) is 12.3. The van der Waals surface area contributed by atoms with Gasteiger partial charge in [0.05, 0.1) is 5.57 Å². The van der Waals surface area contributed by atoms with Crippen LogP contribution in [0.5, 0.6) is 0 Å². The highest BCUT2D eigenvalue weighted by Crippen LogP contribution is 2.33. The molecular weight excluding hydrogens is 283 g/mol. The molecule has 1 amide bonds. The van der Waals surface area contributed by atoms with E-state index in [0.29, 0.717) is 0 Å². The van der Waals surface area contributed by atoms with Gasteiger partial charge in [-0.1, -0.05) is 39.8 Å². The minimum atomic E-state index is -4.66. The van der Waals surface area contributed by atoms with Gasteiger partial charge in [-0.05, 0) is 6.08 Å². The van der Waals surface area contributed by atoms with Gasteiger partial charge in [0.1, 0.15) is 0 Å². The molecule has 0 aromatic heterocycles. The second-order valence-electron chi connectivity index (χ2n) is 5.94. The summed E-state index contributed by atoms with van der Waals surface area (Å²) in [5.74, 6) is -0.823. The molecule has 0 fully saturated rings. The van der Waals surface area contributed by atoms with Crippen molar-refractivity contribution >= 4 is 12.2 Å². The molecule has 0 aliphatic heterocycles. The maximum atomic E-state index is 13.0. The maximum absolute atomic E-state index is 13.0. The number of halogens is 3. The van der Waals surface area contributed by atoms with Crippen molar-refractivity contribution in [3.05, 3.63) is 35.1 Å². The number of alkyl halides is 3. The molecule has 21 heavy (non-hydrogen) atoms. The minimum Gasteiger partial charge on any atom is -0.329 e. The van der Waals surface area contributed by atoms with Crippen molar-refractivity contribution in [2.24, 2.45) is 11.3 Å². The quantitative estimate of drug-likeness (QED) is 0.795. The first kappa shape index (κ1) is 17.2. The van der Waals surface area contributed by atoms with Crippen molar-refractivity contribution in [2.45, 2.75) is 33.9 Å². The SMILES string of the molecule is CC1C=CC(C=O)=C(C(F)(F)F)C=C1NC(=O)C(C)(C)C. The Bertz CT molecular complexity index is 534. The lowest BCUT2D eigenvalue weighted by Gasteiger charge is -2.21. The van der Waals surface area contributed by atoms with E-state index >= 15 is 0 Å². The van der Waals surface area contributed by atoms with Crippen LogP contribution in [0.3, 0.4) is 0 Å². The molecule has 1 N–H and O–H groups in total. The van der Waals surface area contributed by atoms with Gasteiger partial charge in [-0.3, -0.25) is 9.59 Å². The summed E-state index contributed by atoms with van der Waals surface area (Å²) < 4.78 is 39.1.